The molecular formula is C18H32BNO4. The normalized spacial score (nSPS) is 24.7. The first kappa shape index (κ1) is 19.3. The van der Waals surface area contributed by atoms with Gasteiger partial charge in [-0.05, 0) is 66.7 Å². The molecule has 2 rings (SSSR count). The molecule has 6 heteroatoms. The lowest BCUT2D eigenvalue weighted by molar-refractivity contribution is -0.0897. The van der Waals surface area contributed by atoms with Crippen molar-refractivity contribution in [3.8, 4) is 0 Å². The van der Waals surface area contributed by atoms with E-state index in [0.717, 1.165) is 19.5 Å². The van der Waals surface area contributed by atoms with Gasteiger partial charge >= 0.3 is 13.6 Å². The monoisotopic (exact) mass is 337 g/mol. The van der Waals surface area contributed by atoms with Crippen molar-refractivity contribution in [2.75, 3.05) is 13.1 Å². The number of hydrogen-bond acceptors (Lipinski definition) is 4. The second kappa shape index (κ2) is 6.38. The third-order valence-electron chi connectivity index (χ3n) is 5.21. The Morgan fingerprint density at radius 1 is 1.21 bits per heavy atom. The molecule has 1 N–H and O–H groups in total. The van der Waals surface area contributed by atoms with Gasteiger partial charge < -0.3 is 19.4 Å². The van der Waals surface area contributed by atoms with Gasteiger partial charge in [-0.1, -0.05) is 11.5 Å². The highest BCUT2D eigenvalue weighted by molar-refractivity contribution is 6.38. The summed E-state index contributed by atoms with van der Waals surface area (Å²) in [5.41, 5.74) is -0.679. The number of likely N-dealkylation sites (tertiary alicyclic amines) is 1. The van der Waals surface area contributed by atoms with Crippen molar-refractivity contribution in [2.24, 2.45) is 11.8 Å². The molecule has 0 radical (unpaired) electrons. The van der Waals surface area contributed by atoms with E-state index in [1.807, 2.05) is 39.5 Å². The average Bonchev–Trinajstić information content (AvgIpc) is 2.90. The van der Waals surface area contributed by atoms with Crippen molar-refractivity contribution < 1.29 is 19.3 Å². The summed E-state index contributed by atoms with van der Waals surface area (Å²) in [5.74, 6) is 0.850. The second-order valence-electron chi connectivity index (χ2n) is 9.20. The fraction of sp³-hybridized carbons (Fsp3) is 0.833. The Morgan fingerprint density at radius 3 is 2.33 bits per heavy atom. The lowest BCUT2D eigenvalue weighted by Gasteiger charge is -2.37. The van der Waals surface area contributed by atoms with Crippen molar-refractivity contribution in [3.63, 3.8) is 0 Å². The third kappa shape index (κ3) is 4.54. The van der Waals surface area contributed by atoms with E-state index in [2.05, 4.69) is 6.08 Å². The Kier molecular flexibility index (Phi) is 5.13. The summed E-state index contributed by atoms with van der Waals surface area (Å²) in [4.78, 5) is 14.0. The van der Waals surface area contributed by atoms with Gasteiger partial charge in [0.2, 0.25) is 0 Å². The van der Waals surface area contributed by atoms with Crippen LogP contribution in [0.4, 0.5) is 4.79 Å². The quantitative estimate of drug-likeness (QED) is 0.802. The van der Waals surface area contributed by atoms with Crippen LogP contribution in [0.5, 0.6) is 0 Å². The molecule has 1 aliphatic carbocycles. The summed E-state index contributed by atoms with van der Waals surface area (Å²) in [6, 6.07) is 0. The number of nitrogens with zero attached hydrogens (tertiary/aromatic N) is 1. The molecule has 24 heavy (non-hydrogen) atoms. The van der Waals surface area contributed by atoms with E-state index >= 15 is 0 Å². The van der Waals surface area contributed by atoms with E-state index in [0.29, 0.717) is 19.3 Å². The fourth-order valence-corrected chi connectivity index (χ4v) is 3.04. The Labute approximate surface area is 146 Å². The Morgan fingerprint density at radius 2 is 1.83 bits per heavy atom. The van der Waals surface area contributed by atoms with E-state index in [9.17, 15) is 9.90 Å². The zero-order valence-electron chi connectivity index (χ0n) is 16.2. The van der Waals surface area contributed by atoms with Crippen LogP contribution in [0.15, 0.2) is 11.5 Å². The van der Waals surface area contributed by atoms with Crippen LogP contribution >= 0.6 is 0 Å². The molecule has 136 valence electrons. The summed E-state index contributed by atoms with van der Waals surface area (Å²) in [7, 11) is 0.538. The first-order valence-electron chi connectivity index (χ1n) is 8.82. The number of aliphatic hydroxyl groups is 1. The predicted octanol–water partition coefficient (Wildman–Crippen LogP) is 2.67. The van der Waals surface area contributed by atoms with Gasteiger partial charge in [-0.25, -0.2) is 4.79 Å². The highest BCUT2D eigenvalue weighted by atomic mass is 16.6. The maximum atomic E-state index is 12.2. The number of amides is 1. The molecule has 2 atom stereocenters. The number of carbonyl (C=O) groups is 1. The largest absolute Gasteiger partial charge is 0.444 e. The van der Waals surface area contributed by atoms with Gasteiger partial charge in [0.25, 0.3) is 0 Å². The second-order valence-corrected chi connectivity index (χ2v) is 9.20. The van der Waals surface area contributed by atoms with Crippen molar-refractivity contribution in [3.05, 3.63) is 11.5 Å². The number of allylic oxidation sites excluding steroid dienone is 1. The van der Waals surface area contributed by atoms with Crippen LogP contribution in [0.1, 0.15) is 54.9 Å². The first-order chi connectivity index (χ1) is 10.8. The SMILES string of the molecule is CC(C)(C)OC(=O)N1CC2C=C(BOC(C)(C)C(C)(C)O)CC2C1. The number of carbonyl (C=O) groups excluding carboxylic acids is 1. The van der Waals surface area contributed by atoms with E-state index in [-0.39, 0.29) is 6.09 Å². The molecule has 0 bridgehead atoms. The molecule has 0 saturated carbocycles. The van der Waals surface area contributed by atoms with Gasteiger partial charge in [0.1, 0.15) is 5.60 Å². The van der Waals surface area contributed by atoms with E-state index < -0.39 is 16.8 Å². The summed E-state index contributed by atoms with van der Waals surface area (Å²) < 4.78 is 11.4. The van der Waals surface area contributed by atoms with Gasteiger partial charge in [0.05, 0.1) is 11.2 Å². The van der Waals surface area contributed by atoms with Crippen LogP contribution in [0.3, 0.4) is 0 Å². The number of fused-ring (bicyclic) bond motifs is 1. The van der Waals surface area contributed by atoms with Crippen LogP contribution in [0, 0.1) is 11.8 Å². The minimum atomic E-state index is -0.893. The topological polar surface area (TPSA) is 59.0 Å². The molecule has 1 fully saturated rings. The van der Waals surface area contributed by atoms with Crippen molar-refractivity contribution in [2.45, 2.75) is 71.7 Å². The third-order valence-corrected chi connectivity index (χ3v) is 5.21. The fourth-order valence-electron chi connectivity index (χ4n) is 3.04. The number of hydrogen-bond donors (Lipinski definition) is 1. The van der Waals surface area contributed by atoms with E-state index in [4.69, 9.17) is 9.39 Å². The molecule has 1 aliphatic heterocycles. The van der Waals surface area contributed by atoms with Gasteiger partial charge in [-0.15, -0.1) is 0 Å². The minimum Gasteiger partial charge on any atom is -0.444 e. The molecule has 0 aromatic rings. The van der Waals surface area contributed by atoms with Crippen molar-refractivity contribution >= 4 is 13.6 Å². The van der Waals surface area contributed by atoms with Crippen molar-refractivity contribution in [1.29, 1.82) is 0 Å². The molecule has 2 unspecified atom stereocenters. The van der Waals surface area contributed by atoms with E-state index in [1.165, 1.54) is 5.47 Å². The molecule has 1 amide bonds. The molecule has 0 spiro atoms. The number of rotatable bonds is 4. The van der Waals surface area contributed by atoms with E-state index in [1.54, 1.807) is 13.8 Å². The number of ether oxygens (including phenoxy) is 1. The zero-order valence-corrected chi connectivity index (χ0v) is 16.2. The van der Waals surface area contributed by atoms with Gasteiger partial charge in [0, 0.05) is 13.1 Å². The first-order valence-corrected chi connectivity index (χ1v) is 8.82. The van der Waals surface area contributed by atoms with Crippen LogP contribution in [0.2, 0.25) is 0 Å². The Hall–Kier alpha value is -1.01. The lowest BCUT2D eigenvalue weighted by Crippen LogP contribution is -2.48. The summed E-state index contributed by atoms with van der Waals surface area (Å²) in [5, 5.41) is 10.2. The average molecular weight is 337 g/mol. The summed E-state index contributed by atoms with van der Waals surface area (Å²) in [6.07, 6.45) is 2.98. The standard InChI is InChI=1S/C18H32BNO4/c1-16(2,3)23-15(21)20-10-12-8-14(9-13(12)11-20)19-24-18(6,7)17(4,5)22/h8,12-13,19,22H,9-11H2,1-7H3. The molecular weight excluding hydrogens is 305 g/mol. The lowest BCUT2D eigenvalue weighted by atomic mass is 9.81. The van der Waals surface area contributed by atoms with Gasteiger partial charge in [-0.2, -0.15) is 0 Å². The molecule has 1 heterocycles. The van der Waals surface area contributed by atoms with Crippen LogP contribution in [0.25, 0.3) is 0 Å². The molecule has 1 saturated heterocycles. The van der Waals surface area contributed by atoms with Gasteiger partial charge in [-0.3, -0.25) is 0 Å². The smallest absolute Gasteiger partial charge is 0.410 e. The minimum absolute atomic E-state index is 0.216. The summed E-state index contributed by atoms with van der Waals surface area (Å²) in [6.45, 7) is 14.5. The van der Waals surface area contributed by atoms with Crippen LogP contribution in [-0.4, -0.2) is 53.5 Å². The highest BCUT2D eigenvalue weighted by Gasteiger charge is 2.41. The predicted molar refractivity (Wildman–Crippen MR) is 96.1 cm³/mol. The molecule has 5 nitrogen and oxygen atoms in total. The Bertz CT molecular complexity index is 516. The maximum Gasteiger partial charge on any atom is 0.410 e. The zero-order chi connectivity index (χ0) is 18.3. The van der Waals surface area contributed by atoms with Crippen LogP contribution in [-0.2, 0) is 9.39 Å². The highest BCUT2D eigenvalue weighted by Crippen LogP contribution is 2.37. The van der Waals surface area contributed by atoms with Gasteiger partial charge in [0.15, 0.2) is 0 Å². The van der Waals surface area contributed by atoms with Crippen molar-refractivity contribution in [1.82, 2.24) is 4.90 Å². The molecule has 2 aliphatic rings. The maximum absolute atomic E-state index is 12.2. The molecule has 0 aromatic heterocycles. The van der Waals surface area contributed by atoms with Crippen LogP contribution < -0.4 is 0 Å². The summed E-state index contributed by atoms with van der Waals surface area (Å²) >= 11 is 0. The Balaban J connectivity index is 1.87. The molecule has 0 aromatic carbocycles.